The predicted octanol–water partition coefficient (Wildman–Crippen LogP) is 3.48. The quantitative estimate of drug-likeness (QED) is 0.365. The molecule has 2 aromatic rings. The number of thioether (sulfide) groups is 1. The van der Waals surface area contributed by atoms with Crippen LogP contribution in [0.2, 0.25) is 0 Å². The van der Waals surface area contributed by atoms with Gasteiger partial charge < -0.3 is 10.6 Å². The summed E-state index contributed by atoms with van der Waals surface area (Å²) in [4.78, 5) is 10.1. The van der Waals surface area contributed by atoms with Gasteiger partial charge in [-0.05, 0) is 31.4 Å². The Morgan fingerprint density at radius 3 is 2.82 bits per heavy atom. The minimum absolute atomic E-state index is 0. The van der Waals surface area contributed by atoms with Crippen molar-refractivity contribution in [2.75, 3.05) is 13.6 Å². The van der Waals surface area contributed by atoms with E-state index in [2.05, 4.69) is 56.0 Å². The Morgan fingerprint density at radius 1 is 1.29 bits per heavy atom. The highest BCUT2D eigenvalue weighted by molar-refractivity contribution is 14.0. The second kappa shape index (κ2) is 9.96. The first-order valence-electron chi connectivity index (χ1n) is 9.84. The highest BCUT2D eigenvalue weighted by Gasteiger charge is 2.35. The molecular weight excluding hydrogens is 483 g/mol. The number of aryl methyl sites for hydroxylation is 1. The van der Waals surface area contributed by atoms with Crippen molar-refractivity contribution in [3.8, 4) is 0 Å². The number of rotatable bonds is 5. The third-order valence-corrected chi connectivity index (χ3v) is 7.03. The van der Waals surface area contributed by atoms with Crippen molar-refractivity contribution in [2.45, 2.75) is 60.8 Å². The first-order chi connectivity index (χ1) is 13.3. The van der Waals surface area contributed by atoms with Crippen molar-refractivity contribution in [1.82, 2.24) is 25.4 Å². The Kier molecular flexibility index (Phi) is 7.62. The topological polar surface area (TPSA) is 67.1 Å². The molecule has 0 saturated heterocycles. The number of halogens is 1. The zero-order valence-corrected chi connectivity index (χ0v) is 19.5. The third kappa shape index (κ3) is 5.20. The van der Waals surface area contributed by atoms with E-state index in [1.165, 1.54) is 30.6 Å². The molecule has 2 aliphatic rings. The molecule has 0 bridgehead atoms. The highest BCUT2D eigenvalue weighted by atomic mass is 127. The lowest BCUT2D eigenvalue weighted by Gasteiger charge is -2.31. The van der Waals surface area contributed by atoms with Gasteiger partial charge >= 0.3 is 0 Å². The monoisotopic (exact) mass is 512 g/mol. The second-order valence-corrected chi connectivity index (χ2v) is 9.01. The van der Waals surface area contributed by atoms with Crippen LogP contribution in [0.25, 0.3) is 0 Å². The summed E-state index contributed by atoms with van der Waals surface area (Å²) in [5.41, 5.74) is 0. The first-order valence-corrected chi connectivity index (χ1v) is 10.7. The van der Waals surface area contributed by atoms with Crippen LogP contribution >= 0.6 is 35.7 Å². The van der Waals surface area contributed by atoms with Gasteiger partial charge in [-0.15, -0.1) is 35.7 Å². The average Bonchev–Trinajstić information content (AvgIpc) is 3.35. The van der Waals surface area contributed by atoms with Gasteiger partial charge in [0.05, 0.1) is 6.54 Å². The summed E-state index contributed by atoms with van der Waals surface area (Å²) in [5.74, 6) is 1.98. The van der Waals surface area contributed by atoms with Crippen molar-refractivity contribution in [1.29, 1.82) is 0 Å². The number of nitrogens with zero attached hydrogens (tertiary/aromatic N) is 4. The van der Waals surface area contributed by atoms with Crippen molar-refractivity contribution >= 4 is 41.7 Å². The van der Waals surface area contributed by atoms with Crippen molar-refractivity contribution < 1.29 is 0 Å². The lowest BCUT2D eigenvalue weighted by molar-refractivity contribution is 0.392. The smallest absolute Gasteiger partial charge is 0.191 e. The average molecular weight is 512 g/mol. The number of aliphatic imine (C=N–C) groups is 1. The summed E-state index contributed by atoms with van der Waals surface area (Å²) in [6, 6.07) is 11.1. The van der Waals surface area contributed by atoms with Gasteiger partial charge in [0.15, 0.2) is 5.96 Å². The largest absolute Gasteiger partial charge is 0.355 e. The Labute approximate surface area is 188 Å². The van der Waals surface area contributed by atoms with E-state index in [-0.39, 0.29) is 28.7 Å². The maximum absolute atomic E-state index is 4.46. The number of hydrogen-bond donors (Lipinski definition) is 2. The van der Waals surface area contributed by atoms with Crippen LogP contribution < -0.4 is 10.6 Å². The Bertz CT molecular complexity index is 772. The molecule has 2 N–H and O–H groups in total. The number of benzene rings is 1. The SMILES string of the molecule is CN=C(NCC1(Sc2ccccc2)CCCC1)NC1CCc2ncnn2C1.I. The summed E-state index contributed by atoms with van der Waals surface area (Å²) in [6.07, 6.45) is 8.79. The molecule has 1 aromatic carbocycles. The minimum Gasteiger partial charge on any atom is -0.355 e. The Hall–Kier alpha value is -1.29. The summed E-state index contributed by atoms with van der Waals surface area (Å²) in [6.45, 7) is 1.79. The molecule has 152 valence electrons. The van der Waals surface area contributed by atoms with Crippen LogP contribution in [0.1, 0.15) is 37.9 Å². The van der Waals surface area contributed by atoms with E-state index < -0.39 is 0 Å². The highest BCUT2D eigenvalue weighted by Crippen LogP contribution is 2.44. The van der Waals surface area contributed by atoms with Crippen LogP contribution in [0, 0.1) is 0 Å². The maximum atomic E-state index is 4.46. The molecule has 1 aliphatic heterocycles. The zero-order chi connectivity index (χ0) is 18.5. The van der Waals surface area contributed by atoms with Crippen LogP contribution in [0.5, 0.6) is 0 Å². The molecule has 2 heterocycles. The normalized spacial score (nSPS) is 20.9. The summed E-state index contributed by atoms with van der Waals surface area (Å²) < 4.78 is 2.25. The standard InChI is InChI=1S/C20H28N6S.HI/c1-21-19(25-16-9-10-18-23-15-24-26(18)13-16)22-14-20(11-5-6-12-20)27-17-7-3-2-4-8-17;/h2-4,7-8,15-16H,5-6,9-14H2,1H3,(H2,21,22,25);1H. The molecule has 8 heteroatoms. The molecule has 0 spiro atoms. The van der Waals surface area contributed by atoms with Crippen LogP contribution in [0.4, 0.5) is 0 Å². The summed E-state index contributed by atoms with van der Waals surface area (Å²) >= 11 is 2.02. The zero-order valence-electron chi connectivity index (χ0n) is 16.3. The van der Waals surface area contributed by atoms with Gasteiger partial charge in [0.25, 0.3) is 0 Å². The first kappa shape index (κ1) is 21.4. The van der Waals surface area contributed by atoms with Gasteiger partial charge in [-0.3, -0.25) is 4.99 Å². The molecule has 1 aliphatic carbocycles. The molecule has 1 atom stereocenters. The van der Waals surface area contributed by atoms with E-state index in [0.29, 0.717) is 6.04 Å². The van der Waals surface area contributed by atoms with E-state index in [1.54, 1.807) is 6.33 Å². The molecule has 0 amide bonds. The molecule has 1 saturated carbocycles. The van der Waals surface area contributed by atoms with E-state index in [9.17, 15) is 0 Å². The number of guanidine groups is 1. The minimum atomic E-state index is 0. The van der Waals surface area contributed by atoms with Crippen LogP contribution in [-0.2, 0) is 13.0 Å². The fraction of sp³-hybridized carbons (Fsp3) is 0.550. The molecule has 0 radical (unpaired) electrons. The molecule has 28 heavy (non-hydrogen) atoms. The molecule has 6 nitrogen and oxygen atoms in total. The lowest BCUT2D eigenvalue weighted by Crippen LogP contribution is -2.50. The Morgan fingerprint density at radius 2 is 2.07 bits per heavy atom. The van der Waals surface area contributed by atoms with E-state index in [4.69, 9.17) is 0 Å². The third-order valence-electron chi connectivity index (χ3n) is 5.54. The van der Waals surface area contributed by atoms with Gasteiger partial charge in [-0.25, -0.2) is 9.67 Å². The van der Waals surface area contributed by atoms with Crippen LogP contribution in [0.15, 0.2) is 46.5 Å². The summed E-state index contributed by atoms with van der Waals surface area (Å²) in [5, 5.41) is 11.5. The van der Waals surface area contributed by atoms with Gasteiger partial charge in [-0.2, -0.15) is 5.10 Å². The number of nitrogens with one attached hydrogen (secondary N) is 2. The van der Waals surface area contributed by atoms with Gasteiger partial charge in [0.1, 0.15) is 12.2 Å². The van der Waals surface area contributed by atoms with Gasteiger partial charge in [0, 0.05) is 35.7 Å². The van der Waals surface area contributed by atoms with E-state index in [1.807, 2.05) is 23.5 Å². The molecular formula is C20H29IN6S. The second-order valence-electron chi connectivity index (χ2n) is 7.47. The summed E-state index contributed by atoms with van der Waals surface area (Å²) in [7, 11) is 1.85. The number of fused-ring (bicyclic) bond motifs is 1. The lowest BCUT2D eigenvalue weighted by atomic mass is 10.1. The number of aromatic nitrogens is 3. The van der Waals surface area contributed by atoms with Gasteiger partial charge in [-0.1, -0.05) is 31.0 Å². The predicted molar refractivity (Wildman–Crippen MR) is 126 cm³/mol. The van der Waals surface area contributed by atoms with E-state index in [0.717, 1.165) is 37.7 Å². The molecule has 4 rings (SSSR count). The fourth-order valence-electron chi connectivity index (χ4n) is 4.06. The maximum Gasteiger partial charge on any atom is 0.191 e. The van der Waals surface area contributed by atoms with Gasteiger partial charge in [0.2, 0.25) is 0 Å². The fourth-order valence-corrected chi connectivity index (χ4v) is 5.49. The van der Waals surface area contributed by atoms with Crippen molar-refractivity contribution in [3.05, 3.63) is 42.5 Å². The van der Waals surface area contributed by atoms with Crippen LogP contribution in [-0.4, -0.2) is 45.1 Å². The molecule has 1 unspecified atom stereocenters. The number of hydrogen-bond acceptors (Lipinski definition) is 4. The Balaban J connectivity index is 0.00000225. The van der Waals surface area contributed by atoms with Crippen molar-refractivity contribution in [2.24, 2.45) is 4.99 Å². The van der Waals surface area contributed by atoms with Crippen LogP contribution in [0.3, 0.4) is 0 Å². The van der Waals surface area contributed by atoms with E-state index >= 15 is 0 Å². The molecule has 1 fully saturated rings. The van der Waals surface area contributed by atoms with Crippen molar-refractivity contribution in [3.63, 3.8) is 0 Å². The molecule has 1 aromatic heterocycles.